The lowest BCUT2D eigenvalue weighted by Crippen LogP contribution is -2.45. The first-order valence-electron chi connectivity index (χ1n) is 8.37. The van der Waals surface area contributed by atoms with Crippen LogP contribution in [-0.2, 0) is 11.2 Å². The van der Waals surface area contributed by atoms with Crippen molar-refractivity contribution in [3.05, 3.63) is 16.1 Å². The van der Waals surface area contributed by atoms with Crippen molar-refractivity contribution < 1.29 is 9.53 Å². The number of nitrogens with two attached hydrogens (primary N) is 1. The summed E-state index contributed by atoms with van der Waals surface area (Å²) in [4.78, 5) is 19.0. The van der Waals surface area contributed by atoms with Crippen LogP contribution in [0.1, 0.15) is 42.2 Å². The van der Waals surface area contributed by atoms with Gasteiger partial charge in [-0.2, -0.15) is 0 Å². The van der Waals surface area contributed by atoms with E-state index in [1.54, 1.807) is 0 Å². The average Bonchev–Trinajstić information content (AvgIpc) is 2.98. The third kappa shape index (κ3) is 8.66. The van der Waals surface area contributed by atoms with Gasteiger partial charge in [0.05, 0.1) is 17.7 Å². The van der Waals surface area contributed by atoms with E-state index < -0.39 is 0 Å². The predicted molar refractivity (Wildman–Crippen MR) is 107 cm³/mol. The highest BCUT2D eigenvalue weighted by Gasteiger charge is 2.22. The number of carbonyl (C=O) groups excluding carboxylic acids is 1. The number of likely N-dealkylation sites (tertiary alicyclic amines) is 1. The van der Waals surface area contributed by atoms with E-state index in [0.717, 1.165) is 50.5 Å². The fourth-order valence-corrected chi connectivity index (χ4v) is 3.43. The van der Waals surface area contributed by atoms with E-state index in [9.17, 15) is 4.79 Å². The molecule has 1 aliphatic heterocycles. The maximum Gasteiger partial charge on any atom is 0.270 e. The van der Waals surface area contributed by atoms with E-state index in [2.05, 4.69) is 29.0 Å². The molecule has 0 bridgehead atoms. The Kier molecular flexibility index (Phi) is 12.6. The highest BCUT2D eigenvalue weighted by molar-refractivity contribution is 7.09. The molecule has 9 heteroatoms. The van der Waals surface area contributed by atoms with E-state index in [0.29, 0.717) is 12.2 Å². The van der Waals surface area contributed by atoms with Crippen LogP contribution < -0.4 is 11.1 Å². The number of rotatable bonds is 8. The minimum Gasteiger partial charge on any atom is -0.377 e. The van der Waals surface area contributed by atoms with Gasteiger partial charge >= 0.3 is 0 Å². The molecule has 0 radical (unpaired) electrons. The Labute approximate surface area is 166 Å². The summed E-state index contributed by atoms with van der Waals surface area (Å²) in [6.07, 6.45) is 2.98. The highest BCUT2D eigenvalue weighted by atomic mass is 35.5. The number of amides is 1. The maximum atomic E-state index is 12.2. The summed E-state index contributed by atoms with van der Waals surface area (Å²) in [5, 5.41) is 5.85. The Bertz CT molecular complexity index is 494. The monoisotopic (exact) mass is 412 g/mol. The van der Waals surface area contributed by atoms with Gasteiger partial charge in [-0.1, -0.05) is 0 Å². The molecule has 0 aromatic carbocycles. The Morgan fingerprint density at radius 3 is 2.72 bits per heavy atom. The molecular weight excluding hydrogens is 383 g/mol. The molecule has 1 fully saturated rings. The van der Waals surface area contributed by atoms with Gasteiger partial charge < -0.3 is 20.7 Å². The Hall–Kier alpha value is -0.440. The molecule has 0 aliphatic carbocycles. The van der Waals surface area contributed by atoms with Gasteiger partial charge in [0.25, 0.3) is 5.91 Å². The molecule has 1 aromatic heterocycles. The Morgan fingerprint density at radius 2 is 2.12 bits per heavy atom. The van der Waals surface area contributed by atoms with E-state index >= 15 is 0 Å². The van der Waals surface area contributed by atoms with E-state index in [1.807, 2.05) is 5.38 Å². The van der Waals surface area contributed by atoms with Gasteiger partial charge in [-0.05, 0) is 33.2 Å². The highest BCUT2D eigenvalue weighted by Crippen LogP contribution is 2.13. The van der Waals surface area contributed by atoms with Crippen molar-refractivity contribution >= 4 is 42.1 Å². The van der Waals surface area contributed by atoms with Crippen LogP contribution in [-0.4, -0.2) is 60.7 Å². The second kappa shape index (κ2) is 12.8. The smallest absolute Gasteiger partial charge is 0.270 e. The number of thiazole rings is 1. The molecule has 1 amide bonds. The quantitative estimate of drug-likeness (QED) is 0.682. The second-order valence-corrected chi connectivity index (χ2v) is 7.12. The molecule has 0 saturated carbocycles. The number of aromatic nitrogens is 1. The zero-order valence-corrected chi connectivity index (χ0v) is 17.4. The molecule has 0 spiro atoms. The number of hydrogen-bond donors (Lipinski definition) is 2. The third-order valence-electron chi connectivity index (χ3n) is 3.92. The maximum absolute atomic E-state index is 12.2. The molecule has 1 aromatic rings. The van der Waals surface area contributed by atoms with E-state index in [-0.39, 0.29) is 42.9 Å². The van der Waals surface area contributed by atoms with Crippen molar-refractivity contribution in [1.29, 1.82) is 0 Å². The number of hydrogen-bond acceptors (Lipinski definition) is 6. The summed E-state index contributed by atoms with van der Waals surface area (Å²) >= 11 is 1.50. The number of piperidine rings is 1. The first kappa shape index (κ1) is 24.6. The summed E-state index contributed by atoms with van der Waals surface area (Å²) in [6.45, 7) is 8.42. The van der Waals surface area contributed by atoms with Crippen molar-refractivity contribution in [3.8, 4) is 0 Å². The van der Waals surface area contributed by atoms with Crippen LogP contribution in [0.5, 0.6) is 0 Å². The normalized spacial score (nSPS) is 15.5. The number of halogens is 2. The fraction of sp³-hybridized carbons (Fsp3) is 0.750. The van der Waals surface area contributed by atoms with Gasteiger partial charge in [0.2, 0.25) is 0 Å². The van der Waals surface area contributed by atoms with Gasteiger partial charge in [0, 0.05) is 37.5 Å². The molecule has 2 rings (SSSR count). The van der Waals surface area contributed by atoms with Crippen LogP contribution in [0.3, 0.4) is 0 Å². The Balaban J connectivity index is 0.00000288. The van der Waals surface area contributed by atoms with Crippen LogP contribution in [0.4, 0.5) is 0 Å². The van der Waals surface area contributed by atoms with Crippen LogP contribution in [0.25, 0.3) is 0 Å². The lowest BCUT2D eigenvalue weighted by molar-refractivity contribution is 0.0520. The van der Waals surface area contributed by atoms with E-state index in [1.165, 1.54) is 11.3 Å². The number of nitrogens with zero attached hydrogens (tertiary/aromatic N) is 2. The van der Waals surface area contributed by atoms with Crippen LogP contribution >= 0.6 is 36.2 Å². The molecule has 25 heavy (non-hydrogen) atoms. The summed E-state index contributed by atoms with van der Waals surface area (Å²) < 4.78 is 5.59. The van der Waals surface area contributed by atoms with Gasteiger partial charge in [0.1, 0.15) is 5.69 Å². The van der Waals surface area contributed by atoms with Crippen molar-refractivity contribution in [3.63, 3.8) is 0 Å². The van der Waals surface area contributed by atoms with E-state index in [4.69, 9.17) is 10.5 Å². The molecule has 6 nitrogen and oxygen atoms in total. The largest absolute Gasteiger partial charge is 0.377 e. The van der Waals surface area contributed by atoms with Gasteiger partial charge in [0.15, 0.2) is 0 Å². The van der Waals surface area contributed by atoms with Crippen molar-refractivity contribution in [2.24, 2.45) is 5.73 Å². The van der Waals surface area contributed by atoms with Crippen LogP contribution in [0, 0.1) is 0 Å². The van der Waals surface area contributed by atoms with Crippen LogP contribution in [0.15, 0.2) is 5.38 Å². The molecule has 3 N–H and O–H groups in total. The standard InChI is InChI=1S/C16H28N4O2S.2ClH/c1-12(2)22-10-9-20-7-4-13(5-8-20)18-16(21)14-11-23-15(19-14)3-6-17;;/h11-13H,3-10,17H2,1-2H3,(H,18,21);2*1H. The zero-order chi connectivity index (χ0) is 16.7. The molecule has 1 aliphatic rings. The Morgan fingerprint density at radius 1 is 1.44 bits per heavy atom. The minimum atomic E-state index is -0.0638. The second-order valence-electron chi connectivity index (χ2n) is 6.17. The first-order chi connectivity index (χ1) is 11.1. The summed E-state index contributed by atoms with van der Waals surface area (Å²) in [6, 6.07) is 0.240. The zero-order valence-electron chi connectivity index (χ0n) is 14.9. The van der Waals surface area contributed by atoms with Gasteiger partial charge in [-0.3, -0.25) is 4.79 Å². The summed E-state index contributed by atoms with van der Waals surface area (Å²) in [5.74, 6) is -0.0638. The van der Waals surface area contributed by atoms with Crippen molar-refractivity contribution in [2.75, 3.05) is 32.8 Å². The summed E-state index contributed by atoms with van der Waals surface area (Å²) in [5.41, 5.74) is 6.03. The predicted octanol–water partition coefficient (Wildman–Crippen LogP) is 2.11. The van der Waals surface area contributed by atoms with Crippen LogP contribution in [0.2, 0.25) is 0 Å². The SMILES string of the molecule is CC(C)OCCN1CCC(NC(=O)c2csc(CCN)n2)CC1.Cl.Cl. The molecule has 1 saturated heterocycles. The minimum absolute atomic E-state index is 0. The average molecular weight is 413 g/mol. The molecule has 0 atom stereocenters. The molecule has 0 unspecified atom stereocenters. The number of carbonyl (C=O) groups is 1. The van der Waals surface area contributed by atoms with Gasteiger partial charge in [-0.15, -0.1) is 36.2 Å². The molecular formula is C16H30Cl2N4O2S. The van der Waals surface area contributed by atoms with Crippen molar-refractivity contribution in [1.82, 2.24) is 15.2 Å². The summed E-state index contributed by atoms with van der Waals surface area (Å²) in [7, 11) is 0. The fourth-order valence-electron chi connectivity index (χ4n) is 2.63. The lowest BCUT2D eigenvalue weighted by atomic mass is 10.0. The third-order valence-corrected chi connectivity index (χ3v) is 4.83. The first-order valence-corrected chi connectivity index (χ1v) is 9.25. The van der Waals surface area contributed by atoms with Gasteiger partial charge in [-0.25, -0.2) is 4.98 Å². The van der Waals surface area contributed by atoms with Crippen molar-refractivity contribution in [2.45, 2.75) is 45.3 Å². The lowest BCUT2D eigenvalue weighted by Gasteiger charge is -2.32. The number of ether oxygens (including phenoxy) is 1. The number of nitrogens with one attached hydrogen (secondary N) is 1. The topological polar surface area (TPSA) is 80.5 Å². The molecule has 146 valence electrons. The molecule has 2 heterocycles.